The van der Waals surface area contributed by atoms with Crippen LogP contribution in [0.2, 0.25) is 0 Å². The summed E-state index contributed by atoms with van der Waals surface area (Å²) in [4.78, 5) is 25.3. The van der Waals surface area contributed by atoms with Crippen LogP contribution >= 0.6 is 0 Å². The molecular weight excluding hydrogens is 326 g/mol. The summed E-state index contributed by atoms with van der Waals surface area (Å²) in [6.07, 6.45) is 15.5. The number of carbonyl (C=O) groups excluding carboxylic acids is 1. The molecule has 0 aromatic carbocycles. The fourth-order valence-corrected chi connectivity index (χ4v) is 3.76. The second-order valence-electron chi connectivity index (χ2n) is 7.17. The molecule has 140 valence electrons. The summed E-state index contributed by atoms with van der Waals surface area (Å²) in [5.74, 6) is 2.56. The summed E-state index contributed by atoms with van der Waals surface area (Å²) in [5, 5.41) is 3.10. The van der Waals surface area contributed by atoms with Gasteiger partial charge in [0, 0.05) is 43.8 Å². The Hall–Kier alpha value is -2.24. The number of unbranched alkanes of at least 4 members (excludes halogenated alkanes) is 1. The monoisotopic (exact) mass is 355 g/mol. The molecular formula is C20H29N5O. The van der Waals surface area contributed by atoms with Gasteiger partial charge in [-0.2, -0.15) is 0 Å². The molecule has 2 heterocycles. The molecule has 1 aliphatic rings. The number of imidazole rings is 1. The molecule has 0 aliphatic heterocycles. The molecule has 3 rings (SSSR count). The van der Waals surface area contributed by atoms with Crippen molar-refractivity contribution in [2.24, 2.45) is 11.8 Å². The van der Waals surface area contributed by atoms with E-state index in [4.69, 9.17) is 0 Å². The highest BCUT2D eigenvalue weighted by atomic mass is 16.1. The highest BCUT2D eigenvalue weighted by molar-refractivity contribution is 5.78. The predicted octanol–water partition coefficient (Wildman–Crippen LogP) is 3.45. The average Bonchev–Trinajstić information content (AvgIpc) is 3.16. The van der Waals surface area contributed by atoms with Crippen molar-refractivity contribution in [1.82, 2.24) is 24.8 Å². The van der Waals surface area contributed by atoms with E-state index in [1.165, 1.54) is 32.1 Å². The molecule has 2 aromatic rings. The number of nitrogens with zero attached hydrogens (tertiary/aromatic N) is 4. The van der Waals surface area contributed by atoms with Gasteiger partial charge in [0.1, 0.15) is 0 Å². The molecule has 6 nitrogen and oxygen atoms in total. The first-order valence-electron chi connectivity index (χ1n) is 9.84. The van der Waals surface area contributed by atoms with Gasteiger partial charge in [-0.1, -0.05) is 26.2 Å². The lowest BCUT2D eigenvalue weighted by atomic mass is 9.79. The van der Waals surface area contributed by atoms with Crippen LogP contribution in [-0.2, 0) is 11.3 Å². The minimum absolute atomic E-state index is 0.188. The van der Waals surface area contributed by atoms with Crippen LogP contribution in [-0.4, -0.2) is 32.0 Å². The molecule has 0 spiro atoms. The molecule has 26 heavy (non-hydrogen) atoms. The normalized spacial score (nSPS) is 20.0. The van der Waals surface area contributed by atoms with Crippen molar-refractivity contribution in [2.75, 3.05) is 6.54 Å². The third-order valence-electron chi connectivity index (χ3n) is 5.32. The Balaban J connectivity index is 1.43. The Morgan fingerprint density at radius 3 is 2.65 bits per heavy atom. The number of carbonyl (C=O) groups is 1. The van der Waals surface area contributed by atoms with Gasteiger partial charge in [0.15, 0.2) is 11.6 Å². The lowest BCUT2D eigenvalue weighted by Gasteiger charge is -2.27. The maximum absolute atomic E-state index is 12.4. The quantitative estimate of drug-likeness (QED) is 0.787. The molecule has 6 heteroatoms. The van der Waals surface area contributed by atoms with E-state index in [1.54, 1.807) is 24.7 Å². The Morgan fingerprint density at radius 1 is 1.15 bits per heavy atom. The standard InChI is InChI=1S/C20H29N5O/c1-2-3-5-16-6-8-17(9-7-16)20(26)24-13-15-25-14-12-23-19(25)18-21-10-4-11-22-18/h4,10-12,14,16-17H,2-3,5-9,13,15H2,1H3,(H,24,26). The maximum atomic E-state index is 12.4. The van der Waals surface area contributed by atoms with Crippen LogP contribution in [0.25, 0.3) is 11.6 Å². The molecule has 0 atom stereocenters. The zero-order chi connectivity index (χ0) is 18.2. The Kier molecular flexibility index (Phi) is 6.75. The van der Waals surface area contributed by atoms with E-state index < -0.39 is 0 Å². The zero-order valence-electron chi connectivity index (χ0n) is 15.6. The highest BCUT2D eigenvalue weighted by Gasteiger charge is 2.25. The third-order valence-corrected chi connectivity index (χ3v) is 5.32. The molecule has 1 N–H and O–H groups in total. The molecule has 2 aromatic heterocycles. The first-order valence-corrected chi connectivity index (χ1v) is 9.84. The Labute approximate surface area is 155 Å². The van der Waals surface area contributed by atoms with Crippen LogP contribution < -0.4 is 5.32 Å². The van der Waals surface area contributed by atoms with Crippen molar-refractivity contribution < 1.29 is 4.79 Å². The van der Waals surface area contributed by atoms with Crippen LogP contribution in [0.5, 0.6) is 0 Å². The van der Waals surface area contributed by atoms with E-state index in [1.807, 2.05) is 10.8 Å². The maximum Gasteiger partial charge on any atom is 0.223 e. The SMILES string of the molecule is CCCCC1CCC(C(=O)NCCn2ccnc2-c2ncccn2)CC1. The van der Waals surface area contributed by atoms with E-state index in [0.717, 1.165) is 24.6 Å². The fraction of sp³-hybridized carbons (Fsp3) is 0.600. The molecule has 1 aliphatic carbocycles. The van der Waals surface area contributed by atoms with Gasteiger partial charge in [-0.3, -0.25) is 4.79 Å². The van der Waals surface area contributed by atoms with Crippen molar-refractivity contribution in [2.45, 2.75) is 58.4 Å². The van der Waals surface area contributed by atoms with E-state index in [2.05, 4.69) is 27.2 Å². The first kappa shape index (κ1) is 18.5. The molecule has 1 fully saturated rings. The number of hydrogen-bond donors (Lipinski definition) is 1. The van der Waals surface area contributed by atoms with Gasteiger partial charge in [0.2, 0.25) is 5.91 Å². The lowest BCUT2D eigenvalue weighted by molar-refractivity contribution is -0.126. The van der Waals surface area contributed by atoms with Crippen molar-refractivity contribution >= 4 is 5.91 Å². The Morgan fingerprint density at radius 2 is 1.92 bits per heavy atom. The van der Waals surface area contributed by atoms with Crippen molar-refractivity contribution in [1.29, 1.82) is 0 Å². The molecule has 0 bridgehead atoms. The minimum atomic E-state index is 0.188. The van der Waals surface area contributed by atoms with Crippen LogP contribution in [0.15, 0.2) is 30.9 Å². The molecule has 0 radical (unpaired) electrons. The molecule has 1 amide bonds. The lowest BCUT2D eigenvalue weighted by Crippen LogP contribution is -2.35. The van der Waals surface area contributed by atoms with Crippen molar-refractivity contribution in [3.8, 4) is 11.6 Å². The van der Waals surface area contributed by atoms with Crippen LogP contribution in [0.4, 0.5) is 0 Å². The first-order chi connectivity index (χ1) is 12.8. The van der Waals surface area contributed by atoms with Crippen LogP contribution in [0, 0.1) is 11.8 Å². The Bertz CT molecular complexity index is 677. The summed E-state index contributed by atoms with van der Waals surface area (Å²) in [5.41, 5.74) is 0. The number of nitrogens with one attached hydrogen (secondary N) is 1. The molecule has 0 saturated heterocycles. The zero-order valence-corrected chi connectivity index (χ0v) is 15.6. The van der Waals surface area contributed by atoms with E-state index in [9.17, 15) is 4.79 Å². The van der Waals surface area contributed by atoms with Crippen LogP contribution in [0.3, 0.4) is 0 Å². The van der Waals surface area contributed by atoms with Crippen molar-refractivity contribution in [3.63, 3.8) is 0 Å². The number of aromatic nitrogens is 4. The van der Waals surface area contributed by atoms with Gasteiger partial charge in [-0.25, -0.2) is 15.0 Å². The fourth-order valence-electron chi connectivity index (χ4n) is 3.76. The number of rotatable bonds is 8. The summed E-state index contributed by atoms with van der Waals surface area (Å²) in [6.45, 7) is 3.52. The number of hydrogen-bond acceptors (Lipinski definition) is 4. The van der Waals surface area contributed by atoms with Crippen LogP contribution in [0.1, 0.15) is 51.9 Å². The van der Waals surface area contributed by atoms with Gasteiger partial charge in [-0.05, 0) is 37.7 Å². The largest absolute Gasteiger partial charge is 0.354 e. The van der Waals surface area contributed by atoms with Gasteiger partial charge in [0.25, 0.3) is 0 Å². The average molecular weight is 355 g/mol. The van der Waals surface area contributed by atoms with E-state index >= 15 is 0 Å². The van der Waals surface area contributed by atoms with E-state index in [0.29, 0.717) is 18.9 Å². The van der Waals surface area contributed by atoms with E-state index in [-0.39, 0.29) is 11.8 Å². The second kappa shape index (κ2) is 9.46. The summed E-state index contributed by atoms with van der Waals surface area (Å²) in [6, 6.07) is 1.79. The van der Waals surface area contributed by atoms with Gasteiger partial charge < -0.3 is 9.88 Å². The third kappa shape index (κ3) is 4.90. The van der Waals surface area contributed by atoms with Crippen molar-refractivity contribution in [3.05, 3.63) is 30.9 Å². The molecule has 1 saturated carbocycles. The number of amides is 1. The summed E-state index contributed by atoms with van der Waals surface area (Å²) >= 11 is 0. The second-order valence-corrected chi connectivity index (χ2v) is 7.17. The van der Waals surface area contributed by atoms with Gasteiger partial charge in [0.05, 0.1) is 0 Å². The predicted molar refractivity (Wildman–Crippen MR) is 101 cm³/mol. The topological polar surface area (TPSA) is 72.7 Å². The summed E-state index contributed by atoms with van der Waals surface area (Å²) < 4.78 is 1.98. The smallest absolute Gasteiger partial charge is 0.223 e. The highest BCUT2D eigenvalue weighted by Crippen LogP contribution is 2.31. The molecule has 0 unspecified atom stereocenters. The van der Waals surface area contributed by atoms with Gasteiger partial charge >= 0.3 is 0 Å². The van der Waals surface area contributed by atoms with Gasteiger partial charge in [-0.15, -0.1) is 0 Å². The summed E-state index contributed by atoms with van der Waals surface area (Å²) in [7, 11) is 0. The minimum Gasteiger partial charge on any atom is -0.354 e.